The highest BCUT2D eigenvalue weighted by Crippen LogP contribution is 2.31. The molecule has 1 aliphatic heterocycles. The van der Waals surface area contributed by atoms with Gasteiger partial charge in [0.05, 0.1) is 17.3 Å². The van der Waals surface area contributed by atoms with E-state index in [0.717, 1.165) is 43.5 Å². The molecule has 1 saturated heterocycles. The van der Waals surface area contributed by atoms with E-state index < -0.39 is 5.97 Å². The van der Waals surface area contributed by atoms with Crippen molar-refractivity contribution in [3.8, 4) is 0 Å². The lowest BCUT2D eigenvalue weighted by Gasteiger charge is -2.35. The van der Waals surface area contributed by atoms with Gasteiger partial charge in [0.2, 0.25) is 0 Å². The molecule has 5 nitrogen and oxygen atoms in total. The fraction of sp³-hybridized carbons (Fsp3) is 0.320. The van der Waals surface area contributed by atoms with E-state index in [2.05, 4.69) is 16.0 Å². The van der Waals surface area contributed by atoms with Crippen molar-refractivity contribution in [1.29, 1.82) is 0 Å². The minimum Gasteiger partial charge on any atom is -0.478 e. The van der Waals surface area contributed by atoms with Gasteiger partial charge < -0.3 is 5.11 Å². The summed E-state index contributed by atoms with van der Waals surface area (Å²) in [4.78, 5) is 23.3. The summed E-state index contributed by atoms with van der Waals surface area (Å²) in [5.41, 5.74) is 2.69. The smallest absolute Gasteiger partial charge is 0.339 e. The number of nitrogens with zero attached hydrogens (tertiary/aromatic N) is 3. The van der Waals surface area contributed by atoms with Crippen LogP contribution in [-0.4, -0.2) is 32.5 Å². The van der Waals surface area contributed by atoms with Gasteiger partial charge in [0.25, 0.3) is 0 Å². The number of aryl methyl sites for hydroxylation is 2. The van der Waals surface area contributed by atoms with E-state index in [0.29, 0.717) is 29.4 Å². The highest BCUT2D eigenvalue weighted by molar-refractivity contribution is 6.30. The van der Waals surface area contributed by atoms with E-state index in [-0.39, 0.29) is 17.4 Å². The molecule has 166 valence electrons. The van der Waals surface area contributed by atoms with Crippen molar-refractivity contribution < 1.29 is 14.3 Å². The third kappa shape index (κ3) is 5.50. The highest BCUT2D eigenvalue weighted by atomic mass is 35.5. The van der Waals surface area contributed by atoms with E-state index in [1.165, 1.54) is 18.3 Å². The molecule has 1 aliphatic rings. The summed E-state index contributed by atoms with van der Waals surface area (Å²) in [6.45, 7) is 1.66. The Morgan fingerprint density at radius 3 is 2.69 bits per heavy atom. The van der Waals surface area contributed by atoms with E-state index in [9.17, 15) is 14.3 Å². The average molecular weight is 454 g/mol. The number of benzene rings is 2. The van der Waals surface area contributed by atoms with Crippen LogP contribution in [0.2, 0.25) is 5.02 Å². The van der Waals surface area contributed by atoms with Crippen molar-refractivity contribution in [3.05, 3.63) is 93.8 Å². The number of rotatable bonds is 7. The van der Waals surface area contributed by atoms with Gasteiger partial charge in [0.15, 0.2) is 0 Å². The molecule has 1 aromatic heterocycles. The second-order valence-electron chi connectivity index (χ2n) is 8.13. The van der Waals surface area contributed by atoms with E-state index in [1.54, 1.807) is 12.1 Å². The van der Waals surface area contributed by atoms with Crippen LogP contribution in [0, 0.1) is 5.82 Å². The number of aromatic carboxylic acids is 1. The van der Waals surface area contributed by atoms with E-state index in [4.69, 9.17) is 16.6 Å². The van der Waals surface area contributed by atoms with Crippen LogP contribution < -0.4 is 0 Å². The summed E-state index contributed by atoms with van der Waals surface area (Å²) in [7, 11) is 0. The molecule has 7 heteroatoms. The average Bonchev–Trinajstić information content (AvgIpc) is 2.79. The first kappa shape index (κ1) is 22.4. The summed E-state index contributed by atoms with van der Waals surface area (Å²) >= 11 is 6.16. The molecule has 2 heterocycles. The zero-order valence-electron chi connectivity index (χ0n) is 17.7. The Kier molecular flexibility index (Phi) is 7.12. The lowest BCUT2D eigenvalue weighted by molar-refractivity contribution is 0.0694. The van der Waals surface area contributed by atoms with Crippen LogP contribution in [0.25, 0.3) is 0 Å². The molecule has 0 unspecified atom stereocenters. The normalized spacial score (nSPS) is 16.8. The third-order valence-electron chi connectivity index (χ3n) is 5.87. The maximum atomic E-state index is 13.2. The van der Waals surface area contributed by atoms with Gasteiger partial charge in [-0.05, 0) is 67.6 Å². The van der Waals surface area contributed by atoms with Crippen LogP contribution >= 0.6 is 11.6 Å². The zero-order valence-corrected chi connectivity index (χ0v) is 18.4. The number of likely N-dealkylation sites (tertiary alicyclic amines) is 1. The fourth-order valence-corrected chi connectivity index (χ4v) is 4.43. The molecule has 3 aromatic rings. The maximum Gasteiger partial charge on any atom is 0.339 e. The van der Waals surface area contributed by atoms with Gasteiger partial charge in [-0.1, -0.05) is 42.3 Å². The Hall–Kier alpha value is -2.83. The van der Waals surface area contributed by atoms with Crippen molar-refractivity contribution >= 4 is 17.6 Å². The molecule has 2 aromatic carbocycles. The summed E-state index contributed by atoms with van der Waals surface area (Å²) in [5.74, 6) is -0.669. The summed E-state index contributed by atoms with van der Waals surface area (Å²) in [6, 6.07) is 14.1. The van der Waals surface area contributed by atoms with Gasteiger partial charge in [-0.25, -0.2) is 19.2 Å². The molecule has 0 aliphatic carbocycles. The van der Waals surface area contributed by atoms with Gasteiger partial charge in [-0.15, -0.1) is 0 Å². The molecule has 1 atom stereocenters. The Balaban J connectivity index is 1.57. The van der Waals surface area contributed by atoms with E-state index >= 15 is 0 Å². The number of hydrogen-bond donors (Lipinski definition) is 1. The standard InChI is InChI=1S/C25H25ClFN3O2/c26-19-5-3-4-18(14-19)16-30-13-2-1-6-23(30)24-28-15-21(25(31)32)22(29-24)12-9-17-7-10-20(27)11-8-17/h3-5,7-8,10-11,14-15,23H,1-2,6,9,12-13,16H2,(H,31,32)/t23-/m1/s1. The Labute approximate surface area is 191 Å². The SMILES string of the molecule is O=C(O)c1cnc([C@H]2CCCCN2Cc2cccc(Cl)c2)nc1CCc1ccc(F)cc1. The lowest BCUT2D eigenvalue weighted by Crippen LogP contribution is -2.34. The number of hydrogen-bond acceptors (Lipinski definition) is 4. The second-order valence-corrected chi connectivity index (χ2v) is 8.57. The van der Waals surface area contributed by atoms with Crippen molar-refractivity contribution in [3.63, 3.8) is 0 Å². The number of carbonyl (C=O) groups is 1. The molecule has 1 fully saturated rings. The number of aromatic nitrogens is 2. The third-order valence-corrected chi connectivity index (χ3v) is 6.10. The minimum atomic E-state index is -1.04. The number of piperidine rings is 1. The Morgan fingerprint density at radius 2 is 1.94 bits per heavy atom. The van der Waals surface area contributed by atoms with Crippen molar-refractivity contribution in [2.75, 3.05) is 6.54 Å². The molecule has 0 amide bonds. The number of carboxylic acid groups (broad SMARTS) is 1. The van der Waals surface area contributed by atoms with Crippen LogP contribution in [0.3, 0.4) is 0 Å². The molecule has 0 saturated carbocycles. The van der Waals surface area contributed by atoms with Crippen LogP contribution in [0.5, 0.6) is 0 Å². The van der Waals surface area contributed by atoms with Gasteiger partial charge in [0.1, 0.15) is 11.6 Å². The minimum absolute atomic E-state index is 0.0233. The highest BCUT2D eigenvalue weighted by Gasteiger charge is 2.27. The fourth-order valence-electron chi connectivity index (χ4n) is 4.22. The Morgan fingerprint density at radius 1 is 1.12 bits per heavy atom. The zero-order chi connectivity index (χ0) is 22.5. The topological polar surface area (TPSA) is 66.3 Å². The molecule has 4 rings (SSSR count). The lowest BCUT2D eigenvalue weighted by atomic mass is 9.99. The molecular formula is C25H25ClFN3O2. The summed E-state index contributed by atoms with van der Waals surface area (Å²) in [5, 5.41) is 10.3. The Bertz CT molecular complexity index is 1090. The molecule has 0 radical (unpaired) electrons. The quantitative estimate of drug-likeness (QED) is 0.513. The first-order valence-corrected chi connectivity index (χ1v) is 11.2. The van der Waals surface area contributed by atoms with Crippen LogP contribution in [0.4, 0.5) is 4.39 Å². The van der Waals surface area contributed by atoms with Crippen molar-refractivity contribution in [2.45, 2.75) is 44.7 Å². The maximum absolute atomic E-state index is 13.2. The summed E-state index contributed by atoms with van der Waals surface area (Å²) in [6.07, 6.45) is 5.55. The van der Waals surface area contributed by atoms with Gasteiger partial charge in [-0.3, -0.25) is 4.90 Å². The number of carboxylic acids is 1. The van der Waals surface area contributed by atoms with Crippen molar-refractivity contribution in [1.82, 2.24) is 14.9 Å². The van der Waals surface area contributed by atoms with Gasteiger partial charge >= 0.3 is 5.97 Å². The van der Waals surface area contributed by atoms with Crippen molar-refractivity contribution in [2.24, 2.45) is 0 Å². The predicted octanol–water partition coefficient (Wildman–Crippen LogP) is 5.48. The molecule has 0 bridgehead atoms. The molecule has 1 N–H and O–H groups in total. The predicted molar refractivity (Wildman–Crippen MR) is 121 cm³/mol. The number of halogens is 2. The van der Waals surface area contributed by atoms with Gasteiger partial charge in [0, 0.05) is 17.8 Å². The van der Waals surface area contributed by atoms with E-state index in [1.807, 2.05) is 18.2 Å². The van der Waals surface area contributed by atoms with Crippen LogP contribution in [0.15, 0.2) is 54.7 Å². The molecular weight excluding hydrogens is 429 g/mol. The monoisotopic (exact) mass is 453 g/mol. The van der Waals surface area contributed by atoms with Crippen LogP contribution in [0.1, 0.15) is 58.3 Å². The largest absolute Gasteiger partial charge is 0.478 e. The first-order valence-electron chi connectivity index (χ1n) is 10.8. The second kappa shape index (κ2) is 10.2. The molecule has 0 spiro atoms. The first-order chi connectivity index (χ1) is 15.5. The van der Waals surface area contributed by atoms with Crippen LogP contribution in [-0.2, 0) is 19.4 Å². The molecule has 32 heavy (non-hydrogen) atoms. The summed E-state index contributed by atoms with van der Waals surface area (Å²) < 4.78 is 13.2. The van der Waals surface area contributed by atoms with Gasteiger partial charge in [-0.2, -0.15) is 0 Å².